The molecule has 0 radical (unpaired) electrons. The van der Waals surface area contributed by atoms with Gasteiger partial charge in [0, 0.05) is 10.3 Å². The van der Waals surface area contributed by atoms with E-state index in [4.69, 9.17) is 4.74 Å². The van der Waals surface area contributed by atoms with Gasteiger partial charge in [0.15, 0.2) is 0 Å². The molecule has 0 spiro atoms. The Bertz CT molecular complexity index is 141. The van der Waals surface area contributed by atoms with Crippen LogP contribution in [0.5, 0.6) is 0 Å². The highest BCUT2D eigenvalue weighted by Gasteiger charge is 2.49. The van der Waals surface area contributed by atoms with Crippen LogP contribution in [0.15, 0.2) is 0 Å². The van der Waals surface area contributed by atoms with Gasteiger partial charge in [0.05, 0.1) is 13.0 Å². The van der Waals surface area contributed by atoms with E-state index in [0.29, 0.717) is 13.0 Å². The van der Waals surface area contributed by atoms with Crippen LogP contribution >= 0.6 is 15.9 Å². The van der Waals surface area contributed by atoms with Gasteiger partial charge in [-0.05, 0) is 0 Å². The summed E-state index contributed by atoms with van der Waals surface area (Å²) >= 11 is 3.17. The minimum absolute atomic E-state index is 0.118. The molecule has 1 fully saturated rings. The molecule has 2 atom stereocenters. The Balaban J connectivity index is 2.08. The Labute approximate surface area is 66.8 Å². The fraction of sp³-hybridized carbons (Fsp3) is 1.00. The van der Waals surface area contributed by atoms with E-state index in [1.807, 2.05) is 0 Å². The smallest absolute Gasteiger partial charge is 0.241 e. The van der Waals surface area contributed by atoms with Gasteiger partial charge in [0.25, 0.3) is 0 Å². The molecule has 1 unspecified atom stereocenters. The van der Waals surface area contributed by atoms with Crippen LogP contribution in [-0.4, -0.2) is 29.0 Å². The normalized spacial score (nSPS) is 30.1. The summed E-state index contributed by atoms with van der Waals surface area (Å²) in [6.07, 6.45) is 0.465. The van der Waals surface area contributed by atoms with Crippen molar-refractivity contribution in [1.29, 1.82) is 0 Å². The molecule has 5 heteroatoms. The van der Waals surface area contributed by atoms with Gasteiger partial charge in [-0.25, -0.2) is 0 Å². The lowest BCUT2D eigenvalue weighted by Gasteiger charge is -1.94. The summed E-state index contributed by atoms with van der Waals surface area (Å²) in [5.41, 5.74) is 0. The molecular weight excluding hydrogens is 202 g/mol. The van der Waals surface area contributed by atoms with Gasteiger partial charge in [-0.15, -0.1) is 0 Å². The van der Waals surface area contributed by atoms with Gasteiger partial charge < -0.3 is 4.74 Å². The zero-order valence-electron chi connectivity index (χ0n) is 5.33. The summed E-state index contributed by atoms with van der Waals surface area (Å²) in [7, 11) is 0. The summed E-state index contributed by atoms with van der Waals surface area (Å²) in [5, 5.41) is 10.8. The Hall–Kier alpha value is -0.160. The van der Waals surface area contributed by atoms with E-state index < -0.39 is 6.04 Å². The van der Waals surface area contributed by atoms with Crippen molar-refractivity contribution < 1.29 is 9.66 Å². The highest BCUT2D eigenvalue weighted by Crippen LogP contribution is 2.27. The molecule has 0 heterocycles. The molecule has 0 aromatic rings. The van der Waals surface area contributed by atoms with Crippen molar-refractivity contribution >= 4 is 15.9 Å². The molecule has 0 amide bonds. The van der Waals surface area contributed by atoms with E-state index in [0.717, 1.165) is 5.33 Å². The minimum atomic E-state index is -0.431. The monoisotopic (exact) mass is 209 g/mol. The van der Waals surface area contributed by atoms with E-state index in [-0.39, 0.29) is 11.0 Å². The minimum Gasteiger partial charge on any atom is -0.370 e. The second-order valence-electron chi connectivity index (χ2n) is 2.19. The molecule has 1 saturated carbocycles. The Morgan fingerprint density at radius 3 is 2.90 bits per heavy atom. The molecule has 1 aliphatic rings. The maximum Gasteiger partial charge on any atom is 0.241 e. The van der Waals surface area contributed by atoms with Crippen molar-refractivity contribution in [2.75, 3.05) is 11.9 Å². The maximum atomic E-state index is 10.0. The van der Waals surface area contributed by atoms with Crippen molar-refractivity contribution in [3.63, 3.8) is 0 Å². The first-order chi connectivity index (χ1) is 4.75. The number of hydrogen-bond acceptors (Lipinski definition) is 3. The molecule has 0 aromatic heterocycles. The number of alkyl halides is 1. The predicted molar refractivity (Wildman–Crippen MR) is 38.9 cm³/mol. The van der Waals surface area contributed by atoms with Crippen molar-refractivity contribution in [3.8, 4) is 0 Å². The third-order valence-electron chi connectivity index (χ3n) is 1.38. The van der Waals surface area contributed by atoms with Crippen LogP contribution in [-0.2, 0) is 4.74 Å². The number of halogens is 1. The number of rotatable bonds is 4. The van der Waals surface area contributed by atoms with E-state index in [2.05, 4.69) is 15.9 Å². The lowest BCUT2D eigenvalue weighted by atomic mass is 10.7. The van der Waals surface area contributed by atoms with Crippen molar-refractivity contribution in [1.82, 2.24) is 0 Å². The van der Waals surface area contributed by atoms with E-state index in [9.17, 15) is 10.1 Å². The first kappa shape index (κ1) is 7.94. The summed E-state index contributed by atoms with van der Waals surface area (Å²) < 4.78 is 5.09. The summed E-state index contributed by atoms with van der Waals surface area (Å²) in [6, 6.07) is -0.431. The summed E-state index contributed by atoms with van der Waals surface area (Å²) in [6.45, 7) is 0.564. The Kier molecular flexibility index (Phi) is 2.62. The average Bonchev–Trinajstić information content (AvgIpc) is 2.62. The molecule has 1 aliphatic carbocycles. The SMILES string of the molecule is O=[N+]([O-])C1C[C@@H]1OCCBr. The lowest BCUT2D eigenvalue weighted by Crippen LogP contribution is -2.09. The van der Waals surface area contributed by atoms with Crippen molar-refractivity contribution in [3.05, 3.63) is 10.1 Å². The van der Waals surface area contributed by atoms with Gasteiger partial charge in [0.1, 0.15) is 6.10 Å². The van der Waals surface area contributed by atoms with Crippen LogP contribution < -0.4 is 0 Å². The topological polar surface area (TPSA) is 52.4 Å². The predicted octanol–water partition coefficient (Wildman–Crippen LogP) is 0.816. The molecule has 0 saturated heterocycles. The molecule has 0 bridgehead atoms. The second-order valence-corrected chi connectivity index (χ2v) is 2.98. The van der Waals surface area contributed by atoms with E-state index >= 15 is 0 Å². The first-order valence-electron chi connectivity index (χ1n) is 3.06. The van der Waals surface area contributed by atoms with Crippen LogP contribution in [0.25, 0.3) is 0 Å². The third-order valence-corrected chi connectivity index (χ3v) is 1.70. The second kappa shape index (κ2) is 3.30. The van der Waals surface area contributed by atoms with Gasteiger partial charge in [-0.2, -0.15) is 0 Å². The molecule has 0 aliphatic heterocycles. The molecule has 58 valence electrons. The van der Waals surface area contributed by atoms with Gasteiger partial charge in [-0.3, -0.25) is 10.1 Å². The molecule has 10 heavy (non-hydrogen) atoms. The van der Waals surface area contributed by atoms with Gasteiger partial charge >= 0.3 is 0 Å². The number of ether oxygens (including phenoxy) is 1. The summed E-state index contributed by atoms with van der Waals surface area (Å²) in [4.78, 5) is 9.77. The number of nitrogens with zero attached hydrogens (tertiary/aromatic N) is 1. The average molecular weight is 210 g/mol. The molecule has 4 nitrogen and oxygen atoms in total. The van der Waals surface area contributed by atoms with Crippen LogP contribution in [0, 0.1) is 10.1 Å². The van der Waals surface area contributed by atoms with Gasteiger partial charge in [-0.1, -0.05) is 15.9 Å². The lowest BCUT2D eigenvalue weighted by molar-refractivity contribution is -0.499. The van der Waals surface area contributed by atoms with Gasteiger partial charge in [0.2, 0.25) is 6.04 Å². The summed E-state index contributed by atoms with van der Waals surface area (Å²) in [5.74, 6) is 0. The fourth-order valence-corrected chi connectivity index (χ4v) is 0.943. The van der Waals surface area contributed by atoms with Crippen molar-refractivity contribution in [2.45, 2.75) is 18.6 Å². The molecule has 0 aromatic carbocycles. The molecular formula is C5H8BrNO3. The molecule has 1 rings (SSSR count). The zero-order valence-corrected chi connectivity index (χ0v) is 6.91. The standard InChI is InChI=1S/C5H8BrNO3/c6-1-2-10-5-3-4(5)7(8)9/h4-5H,1-3H2/t4?,5-/m0/s1. The number of nitro groups is 1. The maximum absolute atomic E-state index is 10.0. The first-order valence-corrected chi connectivity index (χ1v) is 4.19. The van der Waals surface area contributed by atoms with Crippen LogP contribution in [0.1, 0.15) is 6.42 Å². The molecule has 0 N–H and O–H groups in total. The number of hydrogen-bond donors (Lipinski definition) is 0. The van der Waals surface area contributed by atoms with E-state index in [1.165, 1.54) is 0 Å². The zero-order chi connectivity index (χ0) is 7.56. The van der Waals surface area contributed by atoms with Crippen molar-refractivity contribution in [2.24, 2.45) is 0 Å². The third kappa shape index (κ3) is 1.91. The highest BCUT2D eigenvalue weighted by atomic mass is 79.9. The van der Waals surface area contributed by atoms with Crippen LogP contribution in [0.3, 0.4) is 0 Å². The van der Waals surface area contributed by atoms with Crippen LogP contribution in [0.2, 0.25) is 0 Å². The Morgan fingerprint density at radius 2 is 2.50 bits per heavy atom. The fourth-order valence-electron chi connectivity index (χ4n) is 0.756. The Morgan fingerprint density at radius 1 is 1.80 bits per heavy atom. The highest BCUT2D eigenvalue weighted by molar-refractivity contribution is 9.09. The van der Waals surface area contributed by atoms with E-state index in [1.54, 1.807) is 0 Å². The quantitative estimate of drug-likeness (QED) is 0.392. The largest absolute Gasteiger partial charge is 0.370 e. The van der Waals surface area contributed by atoms with Crippen LogP contribution in [0.4, 0.5) is 0 Å².